The van der Waals surface area contributed by atoms with E-state index in [2.05, 4.69) is 39.4 Å². The van der Waals surface area contributed by atoms with Crippen molar-refractivity contribution in [1.82, 2.24) is 20.1 Å². The molecule has 2 heterocycles. The first-order chi connectivity index (χ1) is 13.2. The Morgan fingerprint density at radius 2 is 1.59 bits per heavy atom. The molecule has 4 rings (SSSR count). The number of H-pyrrole nitrogens is 1. The Kier molecular flexibility index (Phi) is 5.07. The van der Waals surface area contributed by atoms with E-state index in [9.17, 15) is 0 Å². The molecule has 4 aromatic rings. The van der Waals surface area contributed by atoms with Crippen molar-refractivity contribution in [3.63, 3.8) is 0 Å². The molecular formula is C21H20N4OS. The van der Waals surface area contributed by atoms with Gasteiger partial charge in [-0.3, -0.25) is 0 Å². The molecule has 0 saturated carbocycles. The second kappa shape index (κ2) is 7.80. The van der Waals surface area contributed by atoms with Crippen LogP contribution in [-0.4, -0.2) is 20.1 Å². The molecule has 0 unspecified atom stereocenters. The van der Waals surface area contributed by atoms with Gasteiger partial charge in [0.1, 0.15) is 0 Å². The van der Waals surface area contributed by atoms with Gasteiger partial charge < -0.3 is 9.51 Å². The minimum atomic E-state index is 0.231. The number of hydrogen-bond donors (Lipinski definition) is 1. The molecule has 0 amide bonds. The minimum Gasteiger partial charge on any atom is -0.339 e. The average molecular weight is 376 g/mol. The molecule has 5 nitrogen and oxygen atoms in total. The lowest BCUT2D eigenvalue weighted by molar-refractivity contribution is 0.362. The molecule has 0 atom stereocenters. The van der Waals surface area contributed by atoms with Crippen molar-refractivity contribution in [1.29, 1.82) is 0 Å². The lowest BCUT2D eigenvalue weighted by Crippen LogP contribution is -1.89. The normalized spacial score (nSPS) is 11.2. The highest BCUT2D eigenvalue weighted by atomic mass is 32.2. The van der Waals surface area contributed by atoms with Gasteiger partial charge in [0.25, 0.3) is 0 Å². The third-order valence-electron chi connectivity index (χ3n) is 4.11. The van der Waals surface area contributed by atoms with Crippen LogP contribution in [0.1, 0.15) is 31.5 Å². The second-order valence-electron chi connectivity index (χ2n) is 6.49. The molecule has 0 aliphatic rings. The monoisotopic (exact) mass is 376 g/mol. The van der Waals surface area contributed by atoms with Crippen LogP contribution in [0, 0.1) is 0 Å². The number of rotatable bonds is 6. The molecule has 0 aliphatic heterocycles. The summed E-state index contributed by atoms with van der Waals surface area (Å²) in [4.78, 5) is 12.7. The van der Waals surface area contributed by atoms with Crippen LogP contribution in [0.4, 0.5) is 0 Å². The largest absolute Gasteiger partial charge is 0.339 e. The van der Waals surface area contributed by atoms with E-state index in [1.807, 2.05) is 50.2 Å². The summed E-state index contributed by atoms with van der Waals surface area (Å²) in [5.74, 6) is 2.18. The number of aromatic amines is 1. The molecule has 136 valence electrons. The molecule has 0 bridgehead atoms. The first-order valence-electron chi connectivity index (χ1n) is 8.87. The standard InChI is InChI=1S/C21H20N4OS/c1-14(2)20-22-17(25-26-20)13-27-21-23-18(15-9-5-3-6-10-15)19(24-21)16-11-7-4-8-12-16/h3-12,14H,13H2,1-2H3,(H,23,24). The Hall–Kier alpha value is -2.86. The fourth-order valence-electron chi connectivity index (χ4n) is 2.73. The van der Waals surface area contributed by atoms with Gasteiger partial charge in [-0.2, -0.15) is 4.98 Å². The number of thioether (sulfide) groups is 1. The van der Waals surface area contributed by atoms with Crippen molar-refractivity contribution in [3.8, 4) is 22.5 Å². The van der Waals surface area contributed by atoms with E-state index >= 15 is 0 Å². The number of aromatic nitrogens is 4. The lowest BCUT2D eigenvalue weighted by atomic mass is 10.1. The smallest absolute Gasteiger partial charge is 0.229 e. The molecule has 2 aromatic heterocycles. The average Bonchev–Trinajstić information content (AvgIpc) is 3.35. The molecule has 0 aliphatic carbocycles. The van der Waals surface area contributed by atoms with E-state index < -0.39 is 0 Å². The number of benzene rings is 2. The maximum Gasteiger partial charge on any atom is 0.229 e. The van der Waals surface area contributed by atoms with E-state index in [4.69, 9.17) is 9.51 Å². The minimum absolute atomic E-state index is 0.231. The predicted molar refractivity (Wildman–Crippen MR) is 107 cm³/mol. The van der Waals surface area contributed by atoms with Gasteiger partial charge in [0.05, 0.1) is 17.1 Å². The van der Waals surface area contributed by atoms with E-state index in [1.54, 1.807) is 11.8 Å². The highest BCUT2D eigenvalue weighted by Crippen LogP contribution is 2.33. The zero-order valence-corrected chi connectivity index (χ0v) is 16.0. The highest BCUT2D eigenvalue weighted by Gasteiger charge is 2.16. The van der Waals surface area contributed by atoms with Crippen LogP contribution in [0.3, 0.4) is 0 Å². The van der Waals surface area contributed by atoms with Crippen molar-refractivity contribution < 1.29 is 4.52 Å². The van der Waals surface area contributed by atoms with Crippen LogP contribution in [-0.2, 0) is 5.75 Å². The topological polar surface area (TPSA) is 67.6 Å². The van der Waals surface area contributed by atoms with Gasteiger partial charge in [0.2, 0.25) is 5.89 Å². The summed E-state index contributed by atoms with van der Waals surface area (Å²) in [6.45, 7) is 4.07. The Labute approximate surface area is 162 Å². The zero-order chi connectivity index (χ0) is 18.6. The molecule has 2 aromatic carbocycles. The van der Waals surface area contributed by atoms with E-state index in [0.717, 1.165) is 27.7 Å². The van der Waals surface area contributed by atoms with Crippen LogP contribution >= 0.6 is 11.8 Å². The summed E-state index contributed by atoms with van der Waals surface area (Å²) in [5, 5.41) is 4.89. The van der Waals surface area contributed by atoms with Crippen molar-refractivity contribution in [2.75, 3.05) is 0 Å². The van der Waals surface area contributed by atoms with Gasteiger partial charge in [0.15, 0.2) is 11.0 Å². The number of nitrogens with zero attached hydrogens (tertiary/aromatic N) is 3. The van der Waals surface area contributed by atoms with Gasteiger partial charge in [0, 0.05) is 17.0 Å². The Morgan fingerprint density at radius 3 is 2.22 bits per heavy atom. The summed E-state index contributed by atoms with van der Waals surface area (Å²) in [6, 6.07) is 20.5. The fraction of sp³-hybridized carbons (Fsp3) is 0.190. The van der Waals surface area contributed by atoms with Crippen LogP contribution in [0.5, 0.6) is 0 Å². The Morgan fingerprint density at radius 1 is 0.926 bits per heavy atom. The second-order valence-corrected chi connectivity index (χ2v) is 7.45. The Bertz CT molecular complexity index is 952. The third-order valence-corrected chi connectivity index (χ3v) is 4.98. The molecule has 27 heavy (non-hydrogen) atoms. The Balaban J connectivity index is 1.62. The molecule has 6 heteroatoms. The van der Waals surface area contributed by atoms with Crippen LogP contribution in [0.2, 0.25) is 0 Å². The predicted octanol–water partition coefficient (Wildman–Crippen LogP) is 5.54. The summed E-state index contributed by atoms with van der Waals surface area (Å²) in [7, 11) is 0. The highest BCUT2D eigenvalue weighted by molar-refractivity contribution is 7.98. The maximum atomic E-state index is 5.28. The third kappa shape index (κ3) is 3.95. The van der Waals surface area contributed by atoms with Crippen LogP contribution in [0.15, 0.2) is 70.3 Å². The van der Waals surface area contributed by atoms with Gasteiger partial charge >= 0.3 is 0 Å². The van der Waals surface area contributed by atoms with E-state index in [-0.39, 0.29) is 5.92 Å². The fourth-order valence-corrected chi connectivity index (χ4v) is 3.45. The number of nitrogens with one attached hydrogen (secondary N) is 1. The zero-order valence-electron chi connectivity index (χ0n) is 15.2. The number of imidazole rings is 1. The van der Waals surface area contributed by atoms with Crippen LogP contribution < -0.4 is 0 Å². The summed E-state index contributed by atoms with van der Waals surface area (Å²) in [6.07, 6.45) is 0. The van der Waals surface area contributed by atoms with Crippen molar-refractivity contribution in [2.45, 2.75) is 30.7 Å². The maximum absolute atomic E-state index is 5.28. The summed E-state index contributed by atoms with van der Waals surface area (Å²) in [5.41, 5.74) is 4.15. The van der Waals surface area contributed by atoms with E-state index in [0.29, 0.717) is 17.5 Å². The van der Waals surface area contributed by atoms with Crippen molar-refractivity contribution >= 4 is 11.8 Å². The van der Waals surface area contributed by atoms with Gasteiger partial charge in [-0.15, -0.1) is 0 Å². The van der Waals surface area contributed by atoms with Gasteiger partial charge in [-0.25, -0.2) is 4.98 Å². The molecule has 0 saturated heterocycles. The quantitative estimate of drug-likeness (QED) is 0.447. The molecule has 1 N–H and O–H groups in total. The molecule has 0 radical (unpaired) electrons. The van der Waals surface area contributed by atoms with Gasteiger partial charge in [-0.05, 0) is 0 Å². The molecule has 0 fully saturated rings. The van der Waals surface area contributed by atoms with E-state index in [1.165, 1.54) is 0 Å². The lowest BCUT2D eigenvalue weighted by Gasteiger charge is -2.02. The number of hydrogen-bond acceptors (Lipinski definition) is 5. The van der Waals surface area contributed by atoms with Crippen molar-refractivity contribution in [3.05, 3.63) is 72.4 Å². The van der Waals surface area contributed by atoms with Gasteiger partial charge in [-0.1, -0.05) is 91.4 Å². The first kappa shape index (κ1) is 17.5. The summed E-state index contributed by atoms with van der Waals surface area (Å²) >= 11 is 1.57. The molecule has 0 spiro atoms. The molecular weight excluding hydrogens is 356 g/mol. The van der Waals surface area contributed by atoms with Crippen molar-refractivity contribution in [2.24, 2.45) is 0 Å². The first-order valence-corrected chi connectivity index (χ1v) is 9.85. The van der Waals surface area contributed by atoms with Crippen LogP contribution in [0.25, 0.3) is 22.5 Å². The SMILES string of the molecule is CC(C)c1nc(CSc2nc(-c3ccccc3)c(-c3ccccc3)[nH]2)no1. The summed E-state index contributed by atoms with van der Waals surface area (Å²) < 4.78 is 5.28.